The van der Waals surface area contributed by atoms with Crippen molar-refractivity contribution < 1.29 is 9.50 Å². The molecule has 1 saturated heterocycles. The Bertz CT molecular complexity index is 613. The molecule has 1 heterocycles. The Morgan fingerprint density at radius 3 is 2.62 bits per heavy atom. The van der Waals surface area contributed by atoms with Crippen LogP contribution in [0.25, 0.3) is 0 Å². The molecule has 2 unspecified atom stereocenters. The van der Waals surface area contributed by atoms with E-state index >= 15 is 4.39 Å². The lowest BCUT2D eigenvalue weighted by Crippen LogP contribution is -2.63. The molecule has 4 aliphatic carbocycles. The molecule has 1 aliphatic heterocycles. The minimum atomic E-state index is -1.23. The van der Waals surface area contributed by atoms with Gasteiger partial charge >= 0.3 is 0 Å². The van der Waals surface area contributed by atoms with Crippen LogP contribution in [0.5, 0.6) is 0 Å². The number of hydrogen-bond donors (Lipinski definition) is 1. The number of rotatable bonds is 1. The number of allylic oxidation sites excluding steroid dienone is 2. The lowest BCUT2D eigenvalue weighted by Gasteiger charge is -2.59. The summed E-state index contributed by atoms with van der Waals surface area (Å²) in [5, 5.41) is 11.7. The fourth-order valence-corrected chi connectivity index (χ4v) is 8.27. The summed E-state index contributed by atoms with van der Waals surface area (Å²) in [5.41, 5.74) is 0.547. The van der Waals surface area contributed by atoms with Gasteiger partial charge in [-0.3, -0.25) is 4.90 Å². The van der Waals surface area contributed by atoms with Crippen LogP contribution in [0.3, 0.4) is 0 Å². The van der Waals surface area contributed by atoms with Crippen molar-refractivity contribution in [3.63, 3.8) is 0 Å². The number of nitrogens with zero attached hydrogens (tertiary/aromatic N) is 1. The van der Waals surface area contributed by atoms with Gasteiger partial charge in [-0.25, -0.2) is 4.39 Å². The van der Waals surface area contributed by atoms with E-state index in [4.69, 9.17) is 0 Å². The van der Waals surface area contributed by atoms with Crippen molar-refractivity contribution in [1.82, 2.24) is 4.90 Å². The first-order valence-corrected chi connectivity index (χ1v) is 11.2. The molecule has 0 bridgehead atoms. The molecule has 0 aromatic carbocycles. The second-order valence-corrected chi connectivity index (χ2v) is 10.5. The van der Waals surface area contributed by atoms with Gasteiger partial charge in [-0.15, -0.1) is 0 Å². The maximum atomic E-state index is 15.5. The average Bonchev–Trinajstić information content (AvgIpc) is 3.23. The Kier molecular flexibility index (Phi) is 3.94. The highest BCUT2D eigenvalue weighted by molar-refractivity contribution is 5.26. The summed E-state index contributed by atoms with van der Waals surface area (Å²) in [4.78, 5) is 2.12. The second kappa shape index (κ2) is 5.80. The largest absolute Gasteiger partial charge is 0.372 e. The van der Waals surface area contributed by atoms with E-state index in [-0.39, 0.29) is 5.41 Å². The van der Waals surface area contributed by atoms with Gasteiger partial charge in [0.05, 0.1) is 0 Å². The lowest BCUT2D eigenvalue weighted by atomic mass is 9.47. The highest BCUT2D eigenvalue weighted by atomic mass is 19.1. The first-order chi connectivity index (χ1) is 12.4. The molecule has 0 amide bonds. The van der Waals surface area contributed by atoms with Gasteiger partial charge in [0.1, 0.15) is 6.17 Å². The fourth-order valence-electron chi connectivity index (χ4n) is 8.27. The molecule has 0 spiro atoms. The minimum Gasteiger partial charge on any atom is -0.372 e. The van der Waals surface area contributed by atoms with E-state index in [0.29, 0.717) is 29.6 Å². The first-order valence-electron chi connectivity index (χ1n) is 11.2. The molecule has 5 aliphatic rings. The van der Waals surface area contributed by atoms with Gasteiger partial charge in [0.2, 0.25) is 0 Å². The van der Waals surface area contributed by atoms with Crippen LogP contribution in [0.1, 0.15) is 78.1 Å². The summed E-state index contributed by atoms with van der Waals surface area (Å²) in [6, 6.07) is 0. The number of halogens is 1. The third-order valence-electron chi connectivity index (χ3n) is 9.73. The maximum Gasteiger partial charge on any atom is 0.155 e. The Hall–Kier alpha value is -0.410. The Morgan fingerprint density at radius 1 is 1.08 bits per heavy atom. The molecule has 1 N–H and O–H groups in total. The summed E-state index contributed by atoms with van der Waals surface area (Å²) in [5.74, 6) is 1.60. The van der Waals surface area contributed by atoms with Crippen LogP contribution in [0.15, 0.2) is 11.6 Å². The Labute approximate surface area is 158 Å². The van der Waals surface area contributed by atoms with E-state index in [9.17, 15) is 5.11 Å². The summed E-state index contributed by atoms with van der Waals surface area (Å²) in [7, 11) is 0. The molecule has 3 saturated carbocycles. The monoisotopic (exact) mass is 361 g/mol. The highest BCUT2D eigenvalue weighted by Crippen LogP contribution is 2.68. The van der Waals surface area contributed by atoms with Crippen molar-refractivity contribution >= 4 is 0 Å². The average molecular weight is 362 g/mol. The van der Waals surface area contributed by atoms with Crippen molar-refractivity contribution in [2.45, 2.75) is 90.0 Å². The SMILES string of the molecule is C[C@]12CCCCC1=CC[C@@H]1[C@H]2CC[C@@]2(C)[C@H]1CC(F)C2(O)N1CCCC1. The predicted octanol–water partition coefficient (Wildman–Crippen LogP) is 5.07. The zero-order valence-electron chi connectivity index (χ0n) is 16.6. The fraction of sp³-hybridized carbons (Fsp3) is 0.913. The number of likely N-dealkylation sites (tertiary alicyclic amines) is 1. The van der Waals surface area contributed by atoms with Crippen molar-refractivity contribution in [2.75, 3.05) is 13.1 Å². The van der Waals surface area contributed by atoms with Gasteiger partial charge in [-0.2, -0.15) is 0 Å². The van der Waals surface area contributed by atoms with E-state index in [0.717, 1.165) is 38.8 Å². The highest BCUT2D eigenvalue weighted by Gasteiger charge is 2.69. The number of alkyl halides is 1. The number of fused-ring (bicyclic) bond motifs is 5. The Morgan fingerprint density at radius 2 is 1.85 bits per heavy atom. The molecule has 146 valence electrons. The third kappa shape index (κ3) is 2.05. The van der Waals surface area contributed by atoms with Gasteiger partial charge in [0, 0.05) is 18.5 Å². The molecule has 5 rings (SSSR count). The van der Waals surface area contributed by atoms with Gasteiger partial charge in [-0.05, 0) is 81.0 Å². The van der Waals surface area contributed by atoms with E-state index in [2.05, 4.69) is 24.8 Å². The summed E-state index contributed by atoms with van der Waals surface area (Å²) >= 11 is 0. The normalized spacial score (nSPS) is 54.4. The smallest absolute Gasteiger partial charge is 0.155 e. The molecule has 2 nitrogen and oxygen atoms in total. The van der Waals surface area contributed by atoms with Crippen LogP contribution < -0.4 is 0 Å². The molecular formula is C23H36FNO. The second-order valence-electron chi connectivity index (χ2n) is 10.5. The van der Waals surface area contributed by atoms with Gasteiger partial charge in [-0.1, -0.05) is 31.9 Å². The van der Waals surface area contributed by atoms with E-state index in [1.165, 1.54) is 32.1 Å². The van der Waals surface area contributed by atoms with Crippen LogP contribution in [-0.4, -0.2) is 35.0 Å². The molecule has 0 aromatic rings. The number of aliphatic hydroxyl groups is 1. The molecular weight excluding hydrogens is 325 g/mol. The molecule has 0 aromatic heterocycles. The maximum absolute atomic E-state index is 15.5. The molecule has 3 heteroatoms. The molecule has 0 radical (unpaired) electrons. The third-order valence-corrected chi connectivity index (χ3v) is 9.73. The molecule has 4 fully saturated rings. The quantitative estimate of drug-likeness (QED) is 0.659. The predicted molar refractivity (Wildman–Crippen MR) is 102 cm³/mol. The van der Waals surface area contributed by atoms with Crippen molar-refractivity contribution in [3.05, 3.63) is 11.6 Å². The van der Waals surface area contributed by atoms with Crippen LogP contribution in [0.4, 0.5) is 4.39 Å². The van der Waals surface area contributed by atoms with Crippen LogP contribution >= 0.6 is 0 Å². The Balaban J connectivity index is 1.51. The van der Waals surface area contributed by atoms with Crippen molar-refractivity contribution in [2.24, 2.45) is 28.6 Å². The van der Waals surface area contributed by atoms with E-state index in [1.54, 1.807) is 5.57 Å². The topological polar surface area (TPSA) is 23.5 Å². The first kappa shape index (κ1) is 17.7. The zero-order chi connectivity index (χ0) is 18.2. The molecule has 26 heavy (non-hydrogen) atoms. The van der Waals surface area contributed by atoms with Gasteiger partial charge < -0.3 is 5.11 Å². The van der Waals surface area contributed by atoms with Crippen LogP contribution in [0.2, 0.25) is 0 Å². The standard InChI is InChI=1S/C23H36FNO/c1-21-11-4-3-7-16(21)8-9-17-18(21)10-12-22(2)19(17)15-20(24)23(22,26)25-13-5-6-14-25/h8,17-20,26H,3-7,9-15H2,1-2H3/t17-,18-,19+,20?,21+,22+,23?/m1/s1. The van der Waals surface area contributed by atoms with Crippen LogP contribution in [-0.2, 0) is 0 Å². The van der Waals surface area contributed by atoms with Crippen molar-refractivity contribution in [3.8, 4) is 0 Å². The summed E-state index contributed by atoms with van der Waals surface area (Å²) in [6.45, 7) is 6.48. The van der Waals surface area contributed by atoms with E-state index in [1.807, 2.05) is 0 Å². The van der Waals surface area contributed by atoms with E-state index < -0.39 is 11.9 Å². The summed E-state index contributed by atoms with van der Waals surface area (Å²) < 4.78 is 15.5. The number of hydrogen-bond acceptors (Lipinski definition) is 2. The zero-order valence-corrected chi connectivity index (χ0v) is 16.6. The van der Waals surface area contributed by atoms with Gasteiger partial charge in [0.25, 0.3) is 0 Å². The van der Waals surface area contributed by atoms with Crippen LogP contribution in [0, 0.1) is 28.6 Å². The van der Waals surface area contributed by atoms with Crippen molar-refractivity contribution in [1.29, 1.82) is 0 Å². The lowest BCUT2D eigenvalue weighted by molar-refractivity contribution is -0.219. The minimum absolute atomic E-state index is 0.283. The molecule has 7 atom stereocenters. The van der Waals surface area contributed by atoms with Gasteiger partial charge in [0.15, 0.2) is 5.72 Å². The summed E-state index contributed by atoms with van der Waals surface area (Å²) in [6.07, 6.45) is 12.8.